The first kappa shape index (κ1) is 17.3. The lowest BCUT2D eigenvalue weighted by atomic mass is 10.0. The van der Waals surface area contributed by atoms with Crippen LogP contribution in [0.4, 0.5) is 0 Å². The Kier molecular flexibility index (Phi) is 6.12. The average molecular weight is 334 g/mol. The summed E-state index contributed by atoms with van der Waals surface area (Å²) in [6.07, 6.45) is 5.32. The third-order valence-corrected chi connectivity index (χ3v) is 4.58. The maximum atomic E-state index is 12.2. The van der Waals surface area contributed by atoms with Crippen LogP contribution in [0.3, 0.4) is 0 Å². The molecule has 1 atom stereocenters. The van der Waals surface area contributed by atoms with E-state index >= 15 is 0 Å². The maximum absolute atomic E-state index is 12.2. The van der Waals surface area contributed by atoms with Gasteiger partial charge in [0.2, 0.25) is 0 Å². The van der Waals surface area contributed by atoms with Crippen molar-refractivity contribution in [1.29, 1.82) is 0 Å². The van der Waals surface area contributed by atoms with Crippen molar-refractivity contribution in [1.82, 2.24) is 20.2 Å². The second kappa shape index (κ2) is 8.50. The lowest BCUT2D eigenvalue weighted by Gasteiger charge is -2.28. The van der Waals surface area contributed by atoms with Crippen molar-refractivity contribution < 1.29 is 14.6 Å². The van der Waals surface area contributed by atoms with Gasteiger partial charge in [-0.05, 0) is 38.4 Å². The van der Waals surface area contributed by atoms with Gasteiger partial charge in [-0.25, -0.2) is 9.97 Å². The largest absolute Gasteiger partial charge is 0.390 e. The van der Waals surface area contributed by atoms with E-state index in [1.54, 1.807) is 6.07 Å². The average Bonchev–Trinajstić information content (AvgIpc) is 2.57. The second-order valence-corrected chi connectivity index (χ2v) is 6.73. The van der Waals surface area contributed by atoms with Crippen LogP contribution < -0.4 is 5.32 Å². The van der Waals surface area contributed by atoms with E-state index in [1.807, 2.05) is 0 Å². The van der Waals surface area contributed by atoms with Gasteiger partial charge in [0, 0.05) is 24.7 Å². The number of ether oxygens (including phenoxy) is 1. The predicted octanol–water partition coefficient (Wildman–Crippen LogP) is 0.242. The van der Waals surface area contributed by atoms with Crippen LogP contribution >= 0.6 is 0 Å². The number of nitrogens with one attached hydrogen (secondary N) is 1. The highest BCUT2D eigenvalue weighted by Crippen LogP contribution is 2.15. The number of carbonyl (C=O) groups is 1. The van der Waals surface area contributed by atoms with E-state index in [1.165, 1.54) is 25.6 Å². The Morgan fingerprint density at radius 2 is 2.12 bits per heavy atom. The molecule has 7 heteroatoms. The van der Waals surface area contributed by atoms with E-state index in [-0.39, 0.29) is 12.5 Å². The summed E-state index contributed by atoms with van der Waals surface area (Å²) in [6.45, 7) is 4.43. The second-order valence-electron chi connectivity index (χ2n) is 6.73. The highest BCUT2D eigenvalue weighted by Gasteiger charge is 2.20. The molecule has 7 nitrogen and oxygen atoms in total. The van der Waals surface area contributed by atoms with E-state index in [4.69, 9.17) is 4.74 Å². The summed E-state index contributed by atoms with van der Waals surface area (Å²) >= 11 is 0. The van der Waals surface area contributed by atoms with E-state index in [0.29, 0.717) is 18.2 Å². The molecule has 2 aliphatic rings. The summed E-state index contributed by atoms with van der Waals surface area (Å²) in [5.41, 5.74) is 1.21. The summed E-state index contributed by atoms with van der Waals surface area (Å²) < 4.78 is 5.16. The standard InChI is InChI=1S/C17H26N4O3/c22-15(9-21-4-2-1-3-5-21)8-18-17(23)16-7-14(19-12-20-16)6-13-10-24-11-13/h7,12-13,15,22H,1-6,8-11H2,(H,18,23)/t15-/m0/s1. The van der Waals surface area contributed by atoms with Crippen molar-refractivity contribution in [2.24, 2.45) is 5.92 Å². The molecule has 3 heterocycles. The highest BCUT2D eigenvalue weighted by molar-refractivity contribution is 5.92. The Morgan fingerprint density at radius 1 is 1.33 bits per heavy atom. The number of aromatic nitrogens is 2. The maximum Gasteiger partial charge on any atom is 0.270 e. The monoisotopic (exact) mass is 334 g/mol. The van der Waals surface area contributed by atoms with Crippen molar-refractivity contribution in [3.05, 3.63) is 23.8 Å². The van der Waals surface area contributed by atoms with Gasteiger partial charge in [0.25, 0.3) is 5.91 Å². The fraction of sp³-hybridized carbons (Fsp3) is 0.706. The molecule has 2 N–H and O–H groups in total. The van der Waals surface area contributed by atoms with Gasteiger partial charge in [0.15, 0.2) is 0 Å². The van der Waals surface area contributed by atoms with Gasteiger partial charge in [-0.2, -0.15) is 0 Å². The first-order valence-electron chi connectivity index (χ1n) is 8.78. The summed E-state index contributed by atoms with van der Waals surface area (Å²) in [5, 5.41) is 12.9. The summed E-state index contributed by atoms with van der Waals surface area (Å²) in [6, 6.07) is 1.73. The molecule has 2 aliphatic heterocycles. The molecule has 1 aromatic rings. The van der Waals surface area contributed by atoms with E-state index < -0.39 is 6.10 Å². The minimum absolute atomic E-state index is 0.241. The van der Waals surface area contributed by atoms with Gasteiger partial charge in [-0.3, -0.25) is 4.79 Å². The van der Waals surface area contributed by atoms with Crippen molar-refractivity contribution in [3.8, 4) is 0 Å². The number of rotatable bonds is 7. The van der Waals surface area contributed by atoms with Crippen LogP contribution in [0, 0.1) is 5.92 Å². The Morgan fingerprint density at radius 3 is 2.83 bits per heavy atom. The summed E-state index contributed by atoms with van der Waals surface area (Å²) in [5.74, 6) is 0.225. The van der Waals surface area contributed by atoms with Crippen LogP contribution in [0.25, 0.3) is 0 Å². The van der Waals surface area contributed by atoms with E-state index in [9.17, 15) is 9.90 Å². The Bertz CT molecular complexity index is 544. The molecule has 0 aliphatic carbocycles. The number of nitrogens with zero attached hydrogens (tertiary/aromatic N) is 3. The highest BCUT2D eigenvalue weighted by atomic mass is 16.5. The zero-order valence-corrected chi connectivity index (χ0v) is 14.0. The number of likely N-dealkylation sites (tertiary alicyclic amines) is 1. The Balaban J connectivity index is 1.44. The summed E-state index contributed by atoms with van der Waals surface area (Å²) in [4.78, 5) is 22.7. The third kappa shape index (κ3) is 4.96. The van der Waals surface area contributed by atoms with Crippen LogP contribution in [0.1, 0.15) is 35.4 Å². The minimum Gasteiger partial charge on any atom is -0.390 e. The SMILES string of the molecule is O=C(NC[C@H](O)CN1CCCCC1)c1cc(CC2COC2)ncn1. The number of aliphatic hydroxyl groups excluding tert-OH is 1. The smallest absolute Gasteiger partial charge is 0.270 e. The van der Waals surface area contributed by atoms with E-state index in [0.717, 1.165) is 38.4 Å². The molecule has 1 aromatic heterocycles. The van der Waals surface area contributed by atoms with Gasteiger partial charge in [0.05, 0.1) is 19.3 Å². The quantitative estimate of drug-likeness (QED) is 0.743. The van der Waals surface area contributed by atoms with Crippen molar-refractivity contribution in [2.75, 3.05) is 39.4 Å². The molecule has 3 rings (SSSR count). The van der Waals surface area contributed by atoms with Crippen LogP contribution in [-0.4, -0.2) is 71.4 Å². The lowest BCUT2D eigenvalue weighted by molar-refractivity contribution is -0.0316. The van der Waals surface area contributed by atoms with Crippen LogP contribution in [0.2, 0.25) is 0 Å². The molecule has 0 bridgehead atoms. The molecule has 24 heavy (non-hydrogen) atoms. The molecule has 132 valence electrons. The van der Waals surface area contributed by atoms with Crippen LogP contribution in [0.15, 0.2) is 12.4 Å². The lowest BCUT2D eigenvalue weighted by Crippen LogP contribution is -2.42. The molecular weight excluding hydrogens is 308 g/mol. The van der Waals surface area contributed by atoms with Gasteiger partial charge in [-0.1, -0.05) is 6.42 Å². The van der Waals surface area contributed by atoms with E-state index in [2.05, 4.69) is 20.2 Å². The number of hydrogen-bond donors (Lipinski definition) is 2. The first-order chi connectivity index (χ1) is 11.7. The van der Waals surface area contributed by atoms with Gasteiger partial charge in [-0.15, -0.1) is 0 Å². The number of carbonyl (C=O) groups excluding carboxylic acids is 1. The van der Waals surface area contributed by atoms with Gasteiger partial charge >= 0.3 is 0 Å². The Labute approximate surface area is 142 Å². The fourth-order valence-corrected chi connectivity index (χ4v) is 3.14. The zero-order chi connectivity index (χ0) is 16.8. The molecule has 1 amide bonds. The normalized spacial score (nSPS) is 20.4. The first-order valence-corrected chi connectivity index (χ1v) is 8.78. The van der Waals surface area contributed by atoms with Crippen molar-refractivity contribution in [2.45, 2.75) is 31.8 Å². The van der Waals surface area contributed by atoms with Crippen LogP contribution in [0.5, 0.6) is 0 Å². The molecule has 0 saturated carbocycles. The third-order valence-electron chi connectivity index (χ3n) is 4.58. The zero-order valence-electron chi connectivity index (χ0n) is 14.0. The van der Waals surface area contributed by atoms with Gasteiger partial charge in [0.1, 0.15) is 12.0 Å². The number of β-amino-alcohol motifs (C(OH)–C–C–N with tert-alkyl or cyclic N) is 1. The molecule has 0 aromatic carbocycles. The molecule has 0 unspecified atom stereocenters. The predicted molar refractivity (Wildman–Crippen MR) is 88.7 cm³/mol. The molecule has 0 spiro atoms. The number of aliphatic hydroxyl groups is 1. The van der Waals surface area contributed by atoms with Gasteiger partial charge < -0.3 is 20.1 Å². The number of amides is 1. The topological polar surface area (TPSA) is 87.6 Å². The minimum atomic E-state index is -0.555. The Hall–Kier alpha value is -1.57. The molecular formula is C17H26N4O3. The molecule has 2 fully saturated rings. The van der Waals surface area contributed by atoms with Crippen molar-refractivity contribution >= 4 is 5.91 Å². The number of hydrogen-bond acceptors (Lipinski definition) is 6. The fourth-order valence-electron chi connectivity index (χ4n) is 3.14. The van der Waals surface area contributed by atoms with Crippen LogP contribution in [-0.2, 0) is 11.2 Å². The number of piperidine rings is 1. The van der Waals surface area contributed by atoms with Crippen molar-refractivity contribution in [3.63, 3.8) is 0 Å². The molecule has 0 radical (unpaired) electrons. The molecule has 2 saturated heterocycles. The summed E-state index contributed by atoms with van der Waals surface area (Å²) in [7, 11) is 0.